The van der Waals surface area contributed by atoms with Crippen molar-refractivity contribution in [2.75, 3.05) is 13.1 Å². The Morgan fingerprint density at radius 2 is 1.88 bits per heavy atom. The van der Waals surface area contributed by atoms with Crippen molar-refractivity contribution in [3.63, 3.8) is 0 Å². The van der Waals surface area contributed by atoms with Crippen molar-refractivity contribution in [3.8, 4) is 5.82 Å². The molecule has 0 saturated carbocycles. The third kappa shape index (κ3) is 4.66. The van der Waals surface area contributed by atoms with E-state index in [4.69, 9.17) is 10.1 Å². The Morgan fingerprint density at radius 3 is 2.48 bits per heavy atom. The van der Waals surface area contributed by atoms with Gasteiger partial charge in [-0.25, -0.2) is 9.97 Å². The number of rotatable bonds is 6. The van der Waals surface area contributed by atoms with E-state index in [2.05, 4.69) is 37.6 Å². The van der Waals surface area contributed by atoms with Crippen molar-refractivity contribution in [1.29, 1.82) is 0 Å². The summed E-state index contributed by atoms with van der Waals surface area (Å²) in [4.78, 5) is 11.9. The average molecular weight is 342 g/mol. The number of aromatic nitrogens is 4. The molecule has 25 heavy (non-hydrogen) atoms. The maximum atomic E-state index is 4.87. The largest absolute Gasteiger partial charge is 0.301 e. The molecule has 5 heteroatoms. The number of likely N-dealkylation sites (tertiary alicyclic amines) is 1. The van der Waals surface area contributed by atoms with E-state index < -0.39 is 0 Å². The van der Waals surface area contributed by atoms with Crippen LogP contribution in [0.1, 0.15) is 52.2 Å². The Hall–Kier alpha value is -1.75. The molecule has 0 bridgehead atoms. The summed E-state index contributed by atoms with van der Waals surface area (Å²) in [6.07, 6.45) is 6.22. The van der Waals surface area contributed by atoms with E-state index >= 15 is 0 Å². The van der Waals surface area contributed by atoms with Crippen molar-refractivity contribution in [2.45, 2.75) is 59.4 Å². The fourth-order valence-corrected chi connectivity index (χ4v) is 3.57. The summed E-state index contributed by atoms with van der Waals surface area (Å²) in [5, 5.41) is 4.76. The second-order valence-corrected chi connectivity index (χ2v) is 7.92. The van der Waals surface area contributed by atoms with E-state index in [1.165, 1.54) is 25.9 Å². The van der Waals surface area contributed by atoms with Gasteiger partial charge < -0.3 is 4.90 Å². The van der Waals surface area contributed by atoms with Gasteiger partial charge in [-0.2, -0.15) is 4.68 Å². The molecule has 1 fully saturated rings. The highest BCUT2D eigenvalue weighted by atomic mass is 15.4. The molecule has 0 unspecified atom stereocenters. The van der Waals surface area contributed by atoms with Crippen molar-refractivity contribution >= 4 is 0 Å². The molecule has 136 valence electrons. The van der Waals surface area contributed by atoms with Gasteiger partial charge in [0.2, 0.25) is 0 Å². The van der Waals surface area contributed by atoms with E-state index in [0.29, 0.717) is 17.9 Å². The van der Waals surface area contributed by atoms with Crippen molar-refractivity contribution < 1.29 is 0 Å². The number of piperidine rings is 1. The quantitative estimate of drug-likeness (QED) is 0.806. The summed E-state index contributed by atoms with van der Waals surface area (Å²) < 4.78 is 1.96. The molecule has 2 aromatic heterocycles. The molecule has 5 nitrogen and oxygen atoms in total. The standard InChI is InChI=1S/C20H31N5/c1-15(2)13-18-22-20(25(23-18)19-7-5-6-10-21-19)14-17-8-11-24(12-9-17)16(3)4/h5-7,10,15-17H,8-9,11-14H2,1-4H3. The summed E-state index contributed by atoms with van der Waals surface area (Å²) in [5.41, 5.74) is 0. The number of hydrogen-bond donors (Lipinski definition) is 0. The minimum Gasteiger partial charge on any atom is -0.301 e. The van der Waals surface area contributed by atoms with Gasteiger partial charge in [-0.05, 0) is 63.7 Å². The van der Waals surface area contributed by atoms with Crippen LogP contribution in [0.15, 0.2) is 24.4 Å². The topological polar surface area (TPSA) is 46.8 Å². The van der Waals surface area contributed by atoms with E-state index in [0.717, 1.165) is 30.3 Å². The molecule has 1 aliphatic heterocycles. The molecule has 0 N–H and O–H groups in total. The number of pyridine rings is 1. The van der Waals surface area contributed by atoms with Gasteiger partial charge in [0.15, 0.2) is 11.6 Å². The number of hydrogen-bond acceptors (Lipinski definition) is 4. The molecule has 0 atom stereocenters. The first-order chi connectivity index (χ1) is 12.0. The molecule has 0 aromatic carbocycles. The normalized spacial score (nSPS) is 16.9. The lowest BCUT2D eigenvalue weighted by Crippen LogP contribution is -2.39. The molecule has 0 spiro atoms. The lowest BCUT2D eigenvalue weighted by molar-refractivity contribution is 0.148. The molecule has 0 aliphatic carbocycles. The van der Waals surface area contributed by atoms with Crippen LogP contribution >= 0.6 is 0 Å². The van der Waals surface area contributed by atoms with Crippen LogP contribution in [0.3, 0.4) is 0 Å². The van der Waals surface area contributed by atoms with Crippen molar-refractivity contribution in [1.82, 2.24) is 24.6 Å². The summed E-state index contributed by atoms with van der Waals surface area (Å²) in [6.45, 7) is 11.4. The molecule has 2 aromatic rings. The zero-order chi connectivity index (χ0) is 17.8. The Bertz CT molecular complexity index is 654. The minimum atomic E-state index is 0.557. The SMILES string of the molecule is CC(C)Cc1nc(CC2CCN(C(C)C)CC2)n(-c2ccccn2)n1. The van der Waals surface area contributed by atoms with Crippen LogP contribution in [0.4, 0.5) is 0 Å². The van der Waals surface area contributed by atoms with Crippen LogP contribution < -0.4 is 0 Å². The second kappa shape index (κ2) is 8.09. The molecular formula is C20H31N5. The molecule has 1 saturated heterocycles. The Balaban J connectivity index is 1.76. The van der Waals surface area contributed by atoms with E-state index in [-0.39, 0.29) is 0 Å². The lowest BCUT2D eigenvalue weighted by Gasteiger charge is -2.34. The van der Waals surface area contributed by atoms with Gasteiger partial charge >= 0.3 is 0 Å². The highest BCUT2D eigenvalue weighted by Gasteiger charge is 2.24. The van der Waals surface area contributed by atoms with E-state index in [9.17, 15) is 0 Å². The fraction of sp³-hybridized carbons (Fsp3) is 0.650. The Labute approximate surface area is 151 Å². The average Bonchev–Trinajstić information content (AvgIpc) is 2.97. The maximum absolute atomic E-state index is 4.87. The smallest absolute Gasteiger partial charge is 0.155 e. The molecule has 0 amide bonds. The molecule has 1 aliphatic rings. The first kappa shape index (κ1) is 18.1. The van der Waals surface area contributed by atoms with Gasteiger partial charge in [0, 0.05) is 25.1 Å². The van der Waals surface area contributed by atoms with Gasteiger partial charge in [0.1, 0.15) is 5.82 Å². The Kier molecular flexibility index (Phi) is 5.84. The monoisotopic (exact) mass is 341 g/mol. The van der Waals surface area contributed by atoms with Crippen LogP contribution in [0.25, 0.3) is 5.82 Å². The zero-order valence-corrected chi connectivity index (χ0v) is 16.0. The van der Waals surface area contributed by atoms with Gasteiger partial charge in [-0.15, -0.1) is 5.10 Å². The van der Waals surface area contributed by atoms with Gasteiger partial charge in [-0.3, -0.25) is 0 Å². The fourth-order valence-electron chi connectivity index (χ4n) is 3.57. The minimum absolute atomic E-state index is 0.557. The molecular weight excluding hydrogens is 310 g/mol. The highest BCUT2D eigenvalue weighted by molar-refractivity contribution is 5.22. The molecule has 3 heterocycles. The van der Waals surface area contributed by atoms with Gasteiger partial charge in [0.25, 0.3) is 0 Å². The van der Waals surface area contributed by atoms with Crippen LogP contribution in [-0.4, -0.2) is 43.8 Å². The van der Waals surface area contributed by atoms with Crippen LogP contribution in [0.2, 0.25) is 0 Å². The Morgan fingerprint density at radius 1 is 1.12 bits per heavy atom. The van der Waals surface area contributed by atoms with Crippen molar-refractivity contribution in [3.05, 3.63) is 36.0 Å². The van der Waals surface area contributed by atoms with Gasteiger partial charge in [0.05, 0.1) is 0 Å². The third-order valence-electron chi connectivity index (χ3n) is 5.03. The summed E-state index contributed by atoms with van der Waals surface area (Å²) in [5.74, 6) is 4.13. The predicted molar refractivity (Wildman–Crippen MR) is 101 cm³/mol. The second-order valence-electron chi connectivity index (χ2n) is 7.92. The predicted octanol–water partition coefficient (Wildman–Crippen LogP) is 3.52. The van der Waals surface area contributed by atoms with Crippen molar-refractivity contribution in [2.24, 2.45) is 11.8 Å². The summed E-state index contributed by atoms with van der Waals surface area (Å²) >= 11 is 0. The molecule has 3 rings (SSSR count). The highest BCUT2D eigenvalue weighted by Crippen LogP contribution is 2.23. The maximum Gasteiger partial charge on any atom is 0.155 e. The van der Waals surface area contributed by atoms with Crippen LogP contribution in [-0.2, 0) is 12.8 Å². The first-order valence-corrected chi connectivity index (χ1v) is 9.63. The first-order valence-electron chi connectivity index (χ1n) is 9.63. The van der Waals surface area contributed by atoms with E-state index in [1.54, 1.807) is 0 Å². The lowest BCUT2D eigenvalue weighted by atomic mass is 9.92. The molecule has 0 radical (unpaired) electrons. The van der Waals surface area contributed by atoms with E-state index in [1.807, 2.05) is 29.1 Å². The van der Waals surface area contributed by atoms with Crippen LogP contribution in [0.5, 0.6) is 0 Å². The summed E-state index contributed by atoms with van der Waals surface area (Å²) in [7, 11) is 0. The number of nitrogens with zero attached hydrogens (tertiary/aromatic N) is 5. The van der Waals surface area contributed by atoms with Gasteiger partial charge in [-0.1, -0.05) is 19.9 Å². The summed E-state index contributed by atoms with van der Waals surface area (Å²) in [6, 6.07) is 6.61. The van der Waals surface area contributed by atoms with Crippen LogP contribution in [0, 0.1) is 11.8 Å². The zero-order valence-electron chi connectivity index (χ0n) is 16.0. The third-order valence-corrected chi connectivity index (χ3v) is 5.03.